The smallest absolute Gasteiger partial charge is 0.184 e. The van der Waals surface area contributed by atoms with Crippen molar-refractivity contribution in [1.82, 2.24) is 5.43 Å². The minimum absolute atomic E-state index is 0.0557. The third-order valence-corrected chi connectivity index (χ3v) is 8.77. The van der Waals surface area contributed by atoms with E-state index < -0.39 is 0 Å². The second-order valence-electron chi connectivity index (χ2n) is 9.61. The van der Waals surface area contributed by atoms with Crippen molar-refractivity contribution >= 4 is 23.0 Å². The highest BCUT2D eigenvalue weighted by Gasteiger charge is 2.59. The van der Waals surface area contributed by atoms with Crippen LogP contribution in [0.1, 0.15) is 71.6 Å². The van der Waals surface area contributed by atoms with Crippen LogP contribution in [0.5, 0.6) is 0 Å². The molecule has 4 nitrogen and oxygen atoms in total. The number of nitrogens with one attached hydrogen (secondary N) is 1. The van der Waals surface area contributed by atoms with Gasteiger partial charge in [0.25, 0.3) is 0 Å². The van der Waals surface area contributed by atoms with E-state index in [0.29, 0.717) is 5.41 Å². The summed E-state index contributed by atoms with van der Waals surface area (Å²) in [6.07, 6.45) is 10.7. The lowest BCUT2D eigenvalue weighted by Gasteiger charge is -2.60. The second kappa shape index (κ2) is 6.19. The zero-order valence-corrected chi connectivity index (χ0v) is 16.4. The van der Waals surface area contributed by atoms with Crippen LogP contribution in [-0.4, -0.2) is 22.0 Å². The van der Waals surface area contributed by atoms with Crippen molar-refractivity contribution in [2.45, 2.75) is 77.7 Å². The van der Waals surface area contributed by atoms with Crippen LogP contribution in [0, 0.1) is 34.5 Å². The minimum atomic E-state index is -0.0557. The second-order valence-corrected chi connectivity index (χ2v) is 10.1. The Morgan fingerprint density at radius 3 is 2.72 bits per heavy atom. The van der Waals surface area contributed by atoms with Crippen molar-refractivity contribution in [2.24, 2.45) is 45.3 Å². The number of nitrogens with two attached hydrogens (primary N) is 1. The van der Waals surface area contributed by atoms with Gasteiger partial charge < -0.3 is 10.8 Å². The summed E-state index contributed by atoms with van der Waals surface area (Å²) in [6, 6.07) is 0. The summed E-state index contributed by atoms with van der Waals surface area (Å²) in [5, 5.41) is 15.0. The van der Waals surface area contributed by atoms with Crippen LogP contribution < -0.4 is 11.2 Å². The molecule has 0 aromatic carbocycles. The van der Waals surface area contributed by atoms with E-state index in [9.17, 15) is 5.11 Å². The molecule has 0 bridgehead atoms. The molecule has 0 radical (unpaired) electrons. The van der Waals surface area contributed by atoms with Crippen LogP contribution in [0.15, 0.2) is 5.10 Å². The Kier molecular flexibility index (Phi) is 4.39. The number of hydrogen-bond donors (Lipinski definition) is 3. The SMILES string of the molecule is C[C@]12CC[C@H](O)C[C@@H]1CC[C@@H]1[C@H]3CCC(=NNC(N)=S)[C@@]3(C)CC[C@@H]12. The van der Waals surface area contributed by atoms with E-state index >= 15 is 0 Å². The Morgan fingerprint density at radius 1 is 1.16 bits per heavy atom. The van der Waals surface area contributed by atoms with Gasteiger partial charge in [0, 0.05) is 11.1 Å². The van der Waals surface area contributed by atoms with Crippen LogP contribution >= 0.6 is 12.2 Å². The van der Waals surface area contributed by atoms with E-state index in [1.54, 1.807) is 0 Å². The molecule has 0 saturated heterocycles. The first-order valence-corrected chi connectivity index (χ1v) is 10.6. The van der Waals surface area contributed by atoms with Gasteiger partial charge in [-0.2, -0.15) is 5.10 Å². The third kappa shape index (κ3) is 2.73. The fourth-order valence-corrected chi connectivity index (χ4v) is 7.38. The fraction of sp³-hybridized carbons (Fsp3) is 0.900. The molecule has 0 heterocycles. The molecule has 140 valence electrons. The number of fused-ring (bicyclic) bond motifs is 5. The van der Waals surface area contributed by atoms with E-state index in [2.05, 4.69) is 24.4 Å². The van der Waals surface area contributed by atoms with Crippen molar-refractivity contribution in [3.63, 3.8) is 0 Å². The van der Waals surface area contributed by atoms with Crippen molar-refractivity contribution in [1.29, 1.82) is 0 Å². The molecule has 4 saturated carbocycles. The molecule has 5 heteroatoms. The molecular weight excluding hydrogens is 330 g/mol. The van der Waals surface area contributed by atoms with Gasteiger partial charge in [0.15, 0.2) is 5.11 Å². The van der Waals surface area contributed by atoms with Gasteiger partial charge in [-0.3, -0.25) is 5.43 Å². The average Bonchev–Trinajstić information content (AvgIpc) is 2.90. The van der Waals surface area contributed by atoms with Crippen molar-refractivity contribution < 1.29 is 5.11 Å². The molecule has 7 atom stereocenters. The van der Waals surface area contributed by atoms with Crippen LogP contribution in [0.4, 0.5) is 0 Å². The topological polar surface area (TPSA) is 70.6 Å². The van der Waals surface area contributed by atoms with E-state index in [1.807, 2.05) is 0 Å². The van der Waals surface area contributed by atoms with Gasteiger partial charge in [-0.05, 0) is 99.1 Å². The molecule has 0 spiro atoms. The van der Waals surface area contributed by atoms with Crippen molar-refractivity contribution in [3.05, 3.63) is 0 Å². The summed E-state index contributed by atoms with van der Waals surface area (Å²) in [6.45, 7) is 4.97. The maximum absolute atomic E-state index is 10.1. The number of thiocarbonyl (C=S) groups is 1. The number of hydrazone groups is 1. The Balaban J connectivity index is 1.58. The normalized spacial score (nSPS) is 50.7. The molecule has 0 aliphatic heterocycles. The summed E-state index contributed by atoms with van der Waals surface area (Å²) in [5.74, 6) is 3.14. The largest absolute Gasteiger partial charge is 0.393 e. The van der Waals surface area contributed by atoms with Crippen LogP contribution in [0.3, 0.4) is 0 Å². The van der Waals surface area contributed by atoms with Gasteiger partial charge in [0.1, 0.15) is 0 Å². The predicted octanol–water partition coefficient (Wildman–Crippen LogP) is 3.58. The number of hydrogen-bond acceptors (Lipinski definition) is 3. The van der Waals surface area contributed by atoms with Crippen molar-refractivity contribution in [3.8, 4) is 0 Å². The summed E-state index contributed by atoms with van der Waals surface area (Å²) in [7, 11) is 0. The van der Waals surface area contributed by atoms with Crippen LogP contribution in [0.2, 0.25) is 0 Å². The number of rotatable bonds is 1. The summed E-state index contributed by atoms with van der Waals surface area (Å²) in [4.78, 5) is 0. The molecule has 4 aliphatic rings. The molecular formula is C20H33N3OS. The zero-order chi connectivity index (χ0) is 17.8. The van der Waals surface area contributed by atoms with Crippen LogP contribution in [-0.2, 0) is 0 Å². The average molecular weight is 364 g/mol. The highest BCUT2D eigenvalue weighted by molar-refractivity contribution is 7.80. The standard InChI is InChI=1S/C20H33N3OS/c1-19-9-7-13(24)11-12(19)3-4-14-15-5-6-17(22-23-18(21)25)20(15,2)10-8-16(14)19/h12-16,24H,3-11H2,1-2H3,(H3,21,23,25)/t12-,13-,14+,15+,16-,19-,20-/m0/s1. The summed E-state index contributed by atoms with van der Waals surface area (Å²) in [5.41, 5.74) is 10.4. The van der Waals surface area contributed by atoms with E-state index in [0.717, 1.165) is 42.9 Å². The van der Waals surface area contributed by atoms with E-state index in [-0.39, 0.29) is 16.6 Å². The Hall–Kier alpha value is -0.680. The Bertz CT molecular complexity index is 593. The monoisotopic (exact) mass is 363 g/mol. The minimum Gasteiger partial charge on any atom is -0.393 e. The fourth-order valence-electron chi connectivity index (χ4n) is 7.33. The number of nitrogens with zero attached hydrogens (tertiary/aromatic N) is 1. The van der Waals surface area contributed by atoms with Gasteiger partial charge in [-0.15, -0.1) is 0 Å². The van der Waals surface area contributed by atoms with Gasteiger partial charge >= 0.3 is 0 Å². The summed E-state index contributed by atoms with van der Waals surface area (Å²) < 4.78 is 0. The van der Waals surface area contributed by atoms with Gasteiger partial charge in [0.2, 0.25) is 0 Å². The molecule has 0 amide bonds. The first-order valence-electron chi connectivity index (χ1n) is 10.1. The lowest BCUT2D eigenvalue weighted by Crippen LogP contribution is -2.54. The molecule has 4 fully saturated rings. The zero-order valence-electron chi connectivity index (χ0n) is 15.6. The van der Waals surface area contributed by atoms with Gasteiger partial charge in [-0.1, -0.05) is 13.8 Å². The first-order chi connectivity index (χ1) is 11.8. The Labute approximate surface area is 157 Å². The lowest BCUT2D eigenvalue weighted by molar-refractivity contribution is -0.113. The van der Waals surface area contributed by atoms with Gasteiger partial charge in [-0.25, -0.2) is 0 Å². The highest BCUT2D eigenvalue weighted by atomic mass is 32.1. The van der Waals surface area contributed by atoms with Gasteiger partial charge in [0.05, 0.1) is 6.10 Å². The van der Waals surface area contributed by atoms with E-state index in [4.69, 9.17) is 18.0 Å². The maximum Gasteiger partial charge on any atom is 0.184 e. The van der Waals surface area contributed by atoms with E-state index in [1.165, 1.54) is 44.2 Å². The maximum atomic E-state index is 10.1. The molecule has 0 aromatic heterocycles. The quantitative estimate of drug-likeness (QED) is 0.492. The first kappa shape index (κ1) is 17.7. The molecule has 4 N–H and O–H groups in total. The molecule has 0 aromatic rings. The van der Waals surface area contributed by atoms with Crippen molar-refractivity contribution in [2.75, 3.05) is 0 Å². The highest BCUT2D eigenvalue weighted by Crippen LogP contribution is 2.65. The third-order valence-electron chi connectivity index (χ3n) is 8.68. The molecule has 0 unspecified atom stereocenters. The van der Waals surface area contributed by atoms with Crippen LogP contribution in [0.25, 0.3) is 0 Å². The molecule has 4 rings (SSSR count). The number of aliphatic hydroxyl groups excluding tert-OH is 1. The summed E-state index contributed by atoms with van der Waals surface area (Å²) >= 11 is 4.93. The Morgan fingerprint density at radius 2 is 1.96 bits per heavy atom. The molecule has 25 heavy (non-hydrogen) atoms. The molecule has 4 aliphatic carbocycles. The lowest BCUT2D eigenvalue weighted by atomic mass is 9.45. The number of aliphatic hydroxyl groups is 1. The predicted molar refractivity (Wildman–Crippen MR) is 105 cm³/mol.